The molecular formula is C33H41ClN12O2. The van der Waals surface area contributed by atoms with E-state index in [1.54, 1.807) is 42.6 Å². The van der Waals surface area contributed by atoms with Gasteiger partial charge in [-0.1, -0.05) is 18.2 Å². The molecule has 2 saturated heterocycles. The van der Waals surface area contributed by atoms with Gasteiger partial charge in [-0.05, 0) is 61.4 Å². The number of pyridine rings is 1. The number of benzene rings is 2. The average Bonchev–Trinajstić information content (AvgIpc) is 3.05. The summed E-state index contributed by atoms with van der Waals surface area (Å²) in [6.45, 7) is 2.26. The third kappa shape index (κ3) is 8.79. The van der Waals surface area contributed by atoms with Crippen molar-refractivity contribution in [3.05, 3.63) is 78.5 Å². The molecule has 2 aromatic carbocycles. The van der Waals surface area contributed by atoms with E-state index in [0.717, 1.165) is 24.1 Å². The predicted octanol–water partition coefficient (Wildman–Crippen LogP) is 2.04. The van der Waals surface area contributed by atoms with Gasteiger partial charge in [0.2, 0.25) is 23.8 Å². The number of nitrogens with zero attached hydrogens (tertiary/aromatic N) is 6. The minimum atomic E-state index is -0.401. The van der Waals surface area contributed by atoms with Gasteiger partial charge < -0.3 is 43.4 Å². The van der Waals surface area contributed by atoms with Gasteiger partial charge in [-0.3, -0.25) is 14.6 Å². The molecule has 4 heterocycles. The molecule has 15 heteroatoms. The number of aromatic nitrogens is 4. The Morgan fingerprint density at radius 1 is 0.708 bits per heavy atom. The van der Waals surface area contributed by atoms with Crippen LogP contribution in [0.3, 0.4) is 0 Å². The van der Waals surface area contributed by atoms with Gasteiger partial charge in [-0.2, -0.15) is 15.0 Å². The lowest BCUT2D eigenvalue weighted by Gasteiger charge is -2.37. The maximum absolute atomic E-state index is 12.9. The Balaban J connectivity index is 0.00000451. The summed E-state index contributed by atoms with van der Waals surface area (Å²) in [5.74, 6) is 0.528. The maximum Gasteiger partial charge on any atom is 0.233 e. The van der Waals surface area contributed by atoms with Crippen LogP contribution >= 0.6 is 12.4 Å². The van der Waals surface area contributed by atoms with Gasteiger partial charge >= 0.3 is 0 Å². The number of nitrogens with one attached hydrogen (secondary N) is 2. The van der Waals surface area contributed by atoms with Gasteiger partial charge in [0.25, 0.3) is 0 Å². The molecule has 4 aromatic rings. The molecule has 0 saturated carbocycles. The van der Waals surface area contributed by atoms with E-state index in [4.69, 9.17) is 27.9 Å². The van der Waals surface area contributed by atoms with Crippen molar-refractivity contribution in [2.45, 2.75) is 43.4 Å². The summed E-state index contributed by atoms with van der Waals surface area (Å²) in [5, 5.41) is 6.01. The van der Waals surface area contributed by atoms with Crippen LogP contribution in [0.25, 0.3) is 11.3 Å². The van der Waals surface area contributed by atoms with Crippen molar-refractivity contribution in [3.63, 3.8) is 0 Å². The second-order valence-electron chi connectivity index (χ2n) is 12.2. The molecule has 0 unspecified atom stereocenters. The van der Waals surface area contributed by atoms with Crippen LogP contribution in [0.4, 0.5) is 29.2 Å². The Bertz CT molecular complexity index is 1630. The normalized spacial score (nSPS) is 20.8. The summed E-state index contributed by atoms with van der Waals surface area (Å²) in [6.07, 6.45) is 2.88. The molecule has 2 aromatic heterocycles. The number of nitrogens with two attached hydrogens (primary N) is 4. The highest BCUT2D eigenvalue weighted by molar-refractivity contribution is 6.11. The van der Waals surface area contributed by atoms with Crippen molar-refractivity contribution < 1.29 is 9.59 Å². The van der Waals surface area contributed by atoms with E-state index >= 15 is 0 Å². The molecule has 48 heavy (non-hydrogen) atoms. The van der Waals surface area contributed by atoms with Crippen LogP contribution in [-0.2, 0) is 4.79 Å². The number of carbonyl (C=O) groups is 2. The van der Waals surface area contributed by atoms with E-state index in [2.05, 4.69) is 25.6 Å². The Morgan fingerprint density at radius 3 is 1.77 bits per heavy atom. The van der Waals surface area contributed by atoms with Crippen LogP contribution in [0.15, 0.2) is 72.9 Å². The number of carbonyl (C=O) groups excluding carboxylic acids is 2. The zero-order chi connectivity index (χ0) is 32.9. The Labute approximate surface area is 285 Å². The molecular weight excluding hydrogens is 632 g/mol. The molecule has 0 spiro atoms. The van der Waals surface area contributed by atoms with Gasteiger partial charge in [0.05, 0.1) is 12.1 Å². The minimum absolute atomic E-state index is 0. The van der Waals surface area contributed by atoms with E-state index in [9.17, 15) is 9.59 Å². The van der Waals surface area contributed by atoms with Crippen molar-refractivity contribution in [2.75, 3.05) is 46.6 Å². The molecule has 1 amide bonds. The first kappa shape index (κ1) is 34.6. The number of Topliss-reactive ketones (excluding diaryl/α,β-unsaturated/α-hetero) is 1. The summed E-state index contributed by atoms with van der Waals surface area (Å²) in [7, 11) is 0. The molecule has 0 bridgehead atoms. The Kier molecular flexibility index (Phi) is 11.1. The summed E-state index contributed by atoms with van der Waals surface area (Å²) >= 11 is 0. The number of anilines is 5. The van der Waals surface area contributed by atoms with E-state index < -0.39 is 5.91 Å². The number of rotatable bonds is 9. The fourth-order valence-electron chi connectivity index (χ4n) is 5.96. The molecule has 2 aliphatic rings. The highest BCUT2D eigenvalue weighted by Gasteiger charge is 2.29. The zero-order valence-electron chi connectivity index (χ0n) is 26.4. The molecule has 2 fully saturated rings. The second kappa shape index (κ2) is 15.4. The molecule has 14 nitrogen and oxygen atoms in total. The van der Waals surface area contributed by atoms with Crippen LogP contribution in [-0.4, -0.2) is 82.0 Å². The molecule has 10 N–H and O–H groups in total. The van der Waals surface area contributed by atoms with E-state index in [-0.39, 0.29) is 48.8 Å². The van der Waals surface area contributed by atoms with Crippen molar-refractivity contribution in [1.82, 2.24) is 19.9 Å². The number of hydrogen-bond donors (Lipinski definition) is 6. The molecule has 0 aliphatic carbocycles. The van der Waals surface area contributed by atoms with E-state index in [1.807, 2.05) is 40.1 Å². The molecule has 2 aliphatic heterocycles. The van der Waals surface area contributed by atoms with Crippen molar-refractivity contribution in [2.24, 2.45) is 22.9 Å². The van der Waals surface area contributed by atoms with Crippen molar-refractivity contribution in [3.8, 4) is 11.3 Å². The molecule has 252 valence electrons. The van der Waals surface area contributed by atoms with Crippen LogP contribution < -0.4 is 43.4 Å². The van der Waals surface area contributed by atoms with Gasteiger partial charge in [-0.25, -0.2) is 0 Å². The van der Waals surface area contributed by atoms with E-state index in [1.165, 1.54) is 0 Å². The van der Waals surface area contributed by atoms with Crippen molar-refractivity contribution in [1.29, 1.82) is 0 Å². The number of piperidine rings is 2. The largest absolute Gasteiger partial charge is 0.338 e. The maximum atomic E-state index is 12.9. The summed E-state index contributed by atoms with van der Waals surface area (Å²) in [5.41, 5.74) is 28.5. The smallest absolute Gasteiger partial charge is 0.233 e. The minimum Gasteiger partial charge on any atom is -0.338 e. The summed E-state index contributed by atoms with van der Waals surface area (Å²) in [4.78, 5) is 48.0. The predicted molar refractivity (Wildman–Crippen MR) is 190 cm³/mol. The van der Waals surface area contributed by atoms with Crippen molar-refractivity contribution >= 4 is 53.3 Å². The SMILES string of the molecule is Cl.N[C@@H]1C[C@H](N)CN(c2nc(Nc3ccc(C(=O)CC(=O)Nc4ccc(-c5ccccn5)cc4)cc3)nc(N3C[C@H](N)C[C@H](N)C3)n2)C1. The molecule has 0 radical (unpaired) electrons. The fraction of sp³-hybridized carbons (Fsp3) is 0.333. The number of amides is 1. The third-order valence-electron chi connectivity index (χ3n) is 8.12. The molecule has 4 atom stereocenters. The number of hydrogen-bond acceptors (Lipinski definition) is 13. The van der Waals surface area contributed by atoms with Crippen LogP contribution in [0.5, 0.6) is 0 Å². The Hall–Kier alpha value is -4.73. The average molecular weight is 673 g/mol. The highest BCUT2D eigenvalue weighted by Crippen LogP contribution is 2.24. The van der Waals surface area contributed by atoms with Gasteiger partial charge in [0.15, 0.2) is 5.78 Å². The van der Waals surface area contributed by atoms with Gasteiger partial charge in [-0.15, -0.1) is 12.4 Å². The Morgan fingerprint density at radius 2 is 1.25 bits per heavy atom. The first-order valence-corrected chi connectivity index (χ1v) is 15.7. The van der Waals surface area contributed by atoms with Crippen LogP contribution in [0, 0.1) is 0 Å². The first-order chi connectivity index (χ1) is 22.7. The fourth-order valence-corrected chi connectivity index (χ4v) is 5.96. The standard InChI is InChI=1S/C33H40N12O2.ClH/c34-22-13-23(35)17-44(16-22)32-41-31(42-33(43-32)45-18-24(36)14-25(37)19-45)40-27-10-6-21(7-11-27)29(46)15-30(47)39-26-8-4-20(5-9-26)28-3-1-2-12-38-28;/h1-12,22-25H,13-19,34-37H2,(H,39,47)(H,40,41,42,43);1H/t22-,23+,24-,25+;. The highest BCUT2D eigenvalue weighted by atomic mass is 35.5. The van der Waals surface area contributed by atoms with Crippen LogP contribution in [0.2, 0.25) is 0 Å². The number of halogens is 1. The third-order valence-corrected chi connectivity index (χ3v) is 8.12. The number of ketones is 1. The van der Waals surface area contributed by atoms with Crippen LogP contribution in [0.1, 0.15) is 29.6 Å². The topological polar surface area (TPSA) is 220 Å². The van der Waals surface area contributed by atoms with E-state index in [0.29, 0.717) is 61.0 Å². The second-order valence-corrected chi connectivity index (χ2v) is 12.2. The summed E-state index contributed by atoms with van der Waals surface area (Å²) < 4.78 is 0. The monoisotopic (exact) mass is 672 g/mol. The lowest BCUT2D eigenvalue weighted by atomic mass is 10.0. The van der Waals surface area contributed by atoms with Gasteiger partial charge in [0, 0.05) is 79.0 Å². The lowest BCUT2D eigenvalue weighted by molar-refractivity contribution is -0.115. The summed E-state index contributed by atoms with van der Waals surface area (Å²) in [6, 6.07) is 19.4. The lowest BCUT2D eigenvalue weighted by Crippen LogP contribution is -2.54. The first-order valence-electron chi connectivity index (χ1n) is 15.7. The molecule has 6 rings (SSSR count). The van der Waals surface area contributed by atoms with Gasteiger partial charge in [0.1, 0.15) is 0 Å². The quantitative estimate of drug-likeness (QED) is 0.111. The zero-order valence-corrected chi connectivity index (χ0v) is 27.2.